The van der Waals surface area contributed by atoms with Crippen molar-refractivity contribution in [1.82, 2.24) is 0 Å². The summed E-state index contributed by atoms with van der Waals surface area (Å²) in [6, 6.07) is 11.8. The molecule has 0 spiro atoms. The maximum absolute atomic E-state index is 6.59. The van der Waals surface area contributed by atoms with Gasteiger partial charge in [0.25, 0.3) is 0 Å². The van der Waals surface area contributed by atoms with Gasteiger partial charge in [0.1, 0.15) is 0 Å². The fourth-order valence-corrected chi connectivity index (χ4v) is 9.99. The molecule has 0 fully saturated rings. The molecule has 0 saturated carbocycles. The molecule has 1 aliphatic rings. The van der Waals surface area contributed by atoms with Gasteiger partial charge in [-0.3, -0.25) is 0 Å². The topological polar surface area (TPSA) is 0 Å². The van der Waals surface area contributed by atoms with Crippen LogP contribution in [0.2, 0.25) is 0 Å². The van der Waals surface area contributed by atoms with E-state index in [-0.39, 0.29) is 9.04 Å². The van der Waals surface area contributed by atoms with Crippen LogP contribution in [0.4, 0.5) is 0 Å². The first kappa shape index (κ1) is 23.3. The van der Waals surface area contributed by atoms with Gasteiger partial charge in [0.05, 0.1) is 0 Å². The molecule has 0 radical (unpaired) electrons. The Morgan fingerprint density at radius 3 is 1.90 bits per heavy atom. The molecule has 3 heteroatoms. The molecule has 0 bridgehead atoms. The summed E-state index contributed by atoms with van der Waals surface area (Å²) in [5, 5.41) is 0. The number of fused-ring (bicyclic) bond motifs is 1. The Morgan fingerprint density at radius 2 is 1.45 bits per heavy atom. The summed E-state index contributed by atoms with van der Waals surface area (Å²) in [4.78, 5) is 0. The molecule has 0 N–H and O–H groups in total. The van der Waals surface area contributed by atoms with Gasteiger partial charge in [0.2, 0.25) is 0 Å². The summed E-state index contributed by atoms with van der Waals surface area (Å²) in [7, 11) is 13.2. The van der Waals surface area contributed by atoms with Crippen molar-refractivity contribution >= 4 is 23.1 Å². The van der Waals surface area contributed by atoms with E-state index in [9.17, 15) is 0 Å². The molecule has 0 amide bonds. The molecular formula is C26H33Cl2Zr. The summed E-state index contributed by atoms with van der Waals surface area (Å²) >= 11 is -2.46. The molecular weight excluding hydrogens is 474 g/mol. The molecule has 0 aromatic heterocycles. The van der Waals surface area contributed by atoms with Crippen LogP contribution in [0.5, 0.6) is 0 Å². The molecule has 1 unspecified atom stereocenters. The van der Waals surface area contributed by atoms with E-state index in [0.29, 0.717) is 11.8 Å². The van der Waals surface area contributed by atoms with Crippen molar-refractivity contribution in [2.45, 2.75) is 76.3 Å². The molecule has 155 valence electrons. The summed E-state index contributed by atoms with van der Waals surface area (Å²) in [5.74, 6) is 0.996. The predicted octanol–water partition coefficient (Wildman–Crippen LogP) is 9.28. The minimum absolute atomic E-state index is 0.0551. The summed E-state index contributed by atoms with van der Waals surface area (Å²) in [5.41, 5.74) is 11.0. The van der Waals surface area contributed by atoms with E-state index in [2.05, 4.69) is 91.8 Å². The van der Waals surface area contributed by atoms with E-state index in [0.717, 1.165) is 0 Å². The van der Waals surface area contributed by atoms with Crippen LogP contribution in [0.1, 0.15) is 98.7 Å². The fourth-order valence-electron chi connectivity index (χ4n) is 4.31. The zero-order valence-corrected chi connectivity index (χ0v) is 22.9. The maximum atomic E-state index is 6.59. The Bertz CT molecular complexity index is 920. The summed E-state index contributed by atoms with van der Waals surface area (Å²) in [6.45, 7) is 18.2. The van der Waals surface area contributed by atoms with Gasteiger partial charge in [-0.25, -0.2) is 0 Å². The third kappa shape index (κ3) is 4.63. The second kappa shape index (κ2) is 8.64. The van der Waals surface area contributed by atoms with Gasteiger partial charge in [0.15, 0.2) is 0 Å². The zero-order valence-electron chi connectivity index (χ0n) is 19.0. The molecule has 2 aromatic carbocycles. The quantitative estimate of drug-likeness (QED) is 0.387. The van der Waals surface area contributed by atoms with Crippen molar-refractivity contribution in [3.63, 3.8) is 0 Å². The van der Waals surface area contributed by atoms with Crippen LogP contribution in [0, 0.1) is 0 Å². The summed E-state index contributed by atoms with van der Waals surface area (Å²) in [6.07, 6.45) is 2.35. The fraction of sp³-hybridized carbons (Fsp3) is 0.462. The van der Waals surface area contributed by atoms with Crippen LogP contribution in [-0.4, -0.2) is 0 Å². The number of benzene rings is 2. The van der Waals surface area contributed by atoms with E-state index in [1.54, 1.807) is 0 Å². The molecule has 0 aliphatic heterocycles. The van der Waals surface area contributed by atoms with Crippen LogP contribution >= 0.6 is 17.0 Å². The first-order valence-electron chi connectivity index (χ1n) is 10.6. The van der Waals surface area contributed by atoms with Crippen LogP contribution in [-0.2, 0) is 24.8 Å². The van der Waals surface area contributed by atoms with Gasteiger partial charge in [-0.15, -0.1) is 0 Å². The molecule has 2 aromatic rings. The molecule has 0 nitrogen and oxygen atoms in total. The Hall–Kier alpha value is -0.357. The average Bonchev–Trinajstić information content (AvgIpc) is 2.95. The Balaban J connectivity index is 2.38. The zero-order chi connectivity index (χ0) is 21.7. The molecule has 29 heavy (non-hydrogen) atoms. The van der Waals surface area contributed by atoms with E-state index >= 15 is 0 Å². The summed E-state index contributed by atoms with van der Waals surface area (Å²) < 4.78 is 0.265. The van der Waals surface area contributed by atoms with E-state index < -0.39 is 19.4 Å². The SMILES string of the molecule is CC1=Cc2c(ccc(C(C)(C)C)c2-c2cc(C(C)C)cc(C(C)C)c2)[CH]1[Zr]([Cl])[Cl]. The van der Waals surface area contributed by atoms with Gasteiger partial charge in [-0.05, 0) is 0 Å². The van der Waals surface area contributed by atoms with Crippen LogP contribution < -0.4 is 0 Å². The van der Waals surface area contributed by atoms with Gasteiger partial charge in [-0.2, -0.15) is 0 Å². The number of rotatable bonds is 4. The first-order chi connectivity index (χ1) is 13.4. The first-order valence-corrected chi connectivity index (χ1v) is 18.4. The third-order valence-corrected chi connectivity index (χ3v) is 11.6. The molecule has 3 rings (SSSR count). The monoisotopic (exact) mass is 505 g/mol. The van der Waals surface area contributed by atoms with Gasteiger partial charge < -0.3 is 0 Å². The van der Waals surface area contributed by atoms with Crippen molar-refractivity contribution in [3.8, 4) is 11.1 Å². The van der Waals surface area contributed by atoms with Crippen LogP contribution in [0.3, 0.4) is 0 Å². The van der Waals surface area contributed by atoms with E-state index in [1.807, 2.05) is 0 Å². The number of allylic oxidation sites excluding steroid dienone is 1. The van der Waals surface area contributed by atoms with Crippen LogP contribution in [0.25, 0.3) is 17.2 Å². The van der Waals surface area contributed by atoms with Crippen molar-refractivity contribution in [2.75, 3.05) is 0 Å². The standard InChI is InChI=1S/C26H33.2ClH.Zr/c1-16(2)20-13-21(17(3)4)15-22(14-20)25-23-12-18(5)11-19(23)9-10-24(25)26(6,7)8;;;/h9-17H,1-8H3;2*1H;/q;;;+2/p-2. The number of hydrogen-bond acceptors (Lipinski definition) is 0. The van der Waals surface area contributed by atoms with Crippen molar-refractivity contribution < 1.29 is 19.4 Å². The molecule has 0 saturated heterocycles. The van der Waals surface area contributed by atoms with Gasteiger partial charge in [0, 0.05) is 0 Å². The van der Waals surface area contributed by atoms with Crippen LogP contribution in [0.15, 0.2) is 35.9 Å². The van der Waals surface area contributed by atoms with Crippen molar-refractivity contribution in [2.24, 2.45) is 0 Å². The Kier molecular flexibility index (Phi) is 6.95. The average molecular weight is 508 g/mol. The number of hydrogen-bond donors (Lipinski definition) is 0. The third-order valence-electron chi connectivity index (χ3n) is 6.04. The molecule has 0 heterocycles. The van der Waals surface area contributed by atoms with Crippen molar-refractivity contribution in [1.29, 1.82) is 0 Å². The van der Waals surface area contributed by atoms with E-state index in [4.69, 9.17) is 17.0 Å². The van der Waals surface area contributed by atoms with Gasteiger partial charge in [-0.1, -0.05) is 0 Å². The number of halogens is 2. The second-order valence-electron chi connectivity index (χ2n) is 10.0. The normalized spacial score (nSPS) is 16.4. The molecule has 1 atom stereocenters. The van der Waals surface area contributed by atoms with Gasteiger partial charge >= 0.3 is 194 Å². The van der Waals surface area contributed by atoms with Crippen molar-refractivity contribution in [3.05, 3.63) is 63.7 Å². The Labute approximate surface area is 192 Å². The Morgan fingerprint density at radius 1 is 0.897 bits per heavy atom. The minimum atomic E-state index is -2.46. The second-order valence-corrected chi connectivity index (χ2v) is 18.9. The molecule has 1 aliphatic carbocycles. The predicted molar refractivity (Wildman–Crippen MR) is 127 cm³/mol. The van der Waals surface area contributed by atoms with E-state index in [1.165, 1.54) is 44.5 Å².